The summed E-state index contributed by atoms with van der Waals surface area (Å²) in [5.74, 6) is -1.28. The van der Waals surface area contributed by atoms with Gasteiger partial charge in [-0.1, -0.05) is 5.57 Å². The zero-order chi connectivity index (χ0) is 37.7. The first-order valence-corrected chi connectivity index (χ1v) is 16.7. The van der Waals surface area contributed by atoms with E-state index < -0.39 is 85.0 Å². The molecule has 1 saturated heterocycles. The van der Waals surface area contributed by atoms with E-state index in [1.807, 2.05) is 13.0 Å². The van der Waals surface area contributed by atoms with Crippen molar-refractivity contribution < 1.29 is 67.6 Å². The van der Waals surface area contributed by atoms with E-state index in [1.165, 1.54) is 33.1 Å². The molecule has 0 amide bonds. The molecule has 1 fully saturated rings. The summed E-state index contributed by atoms with van der Waals surface area (Å²) in [6.07, 6.45) is -5.75. The number of hydrogen-bond acceptors (Lipinski definition) is 15. The number of furan rings is 1. The van der Waals surface area contributed by atoms with Gasteiger partial charge in [0.15, 0.2) is 6.29 Å². The monoisotopic (exact) mass is 720 g/mol. The van der Waals surface area contributed by atoms with Crippen LogP contribution in [0.25, 0.3) is 21.9 Å². The first-order valence-electron chi connectivity index (χ1n) is 16.7. The minimum atomic E-state index is -1.89. The molecule has 0 radical (unpaired) electrons. The second kappa shape index (κ2) is 16.7. The van der Waals surface area contributed by atoms with Gasteiger partial charge in [-0.2, -0.15) is 0 Å². The average Bonchev–Trinajstić information content (AvgIpc) is 3.49. The highest BCUT2D eigenvalue weighted by Gasteiger charge is 2.45. The number of ether oxygens (including phenoxy) is 5. The molecule has 4 rings (SSSR count). The van der Waals surface area contributed by atoms with Crippen LogP contribution in [0.5, 0.6) is 5.75 Å². The summed E-state index contributed by atoms with van der Waals surface area (Å²) in [4.78, 5) is 37.2. The Morgan fingerprint density at radius 3 is 2.33 bits per heavy atom. The van der Waals surface area contributed by atoms with Gasteiger partial charge < -0.3 is 58.1 Å². The number of benzene rings is 1. The van der Waals surface area contributed by atoms with Gasteiger partial charge in [-0.15, -0.1) is 0 Å². The van der Waals surface area contributed by atoms with Crippen LogP contribution in [0.2, 0.25) is 0 Å². The molecule has 282 valence electrons. The number of aliphatic hydroxyl groups is 5. The molecule has 1 aliphatic rings. The molecule has 51 heavy (non-hydrogen) atoms. The molecule has 1 aliphatic heterocycles. The van der Waals surface area contributed by atoms with Crippen LogP contribution in [0.1, 0.15) is 67.2 Å². The highest BCUT2D eigenvalue weighted by Crippen LogP contribution is 2.35. The molecule has 15 heteroatoms. The fourth-order valence-corrected chi connectivity index (χ4v) is 5.60. The number of carbonyl (C=O) groups excluding carboxylic acids is 2. The van der Waals surface area contributed by atoms with Crippen LogP contribution in [0, 0.1) is 0 Å². The smallest absolute Gasteiger partial charge is 0.336 e. The van der Waals surface area contributed by atoms with Gasteiger partial charge in [0.05, 0.1) is 47.2 Å². The van der Waals surface area contributed by atoms with E-state index in [2.05, 4.69) is 0 Å². The highest BCUT2D eigenvalue weighted by atomic mass is 16.7. The van der Waals surface area contributed by atoms with Gasteiger partial charge in [0.1, 0.15) is 60.6 Å². The maximum atomic E-state index is 12.9. The normalized spacial score (nSPS) is 23.3. The Bertz CT molecular complexity index is 1730. The lowest BCUT2D eigenvalue weighted by molar-refractivity contribution is -0.309. The SMILES string of the molecule is CC(=CCOc1c2ccoc2cc2oc(=O)ccc12)CCC(OC(=O)CC(C)(O)CC(=O)OCC1OC(OC(C)C)C(O)C(O)C1O)C(C)(C)O. The quantitative estimate of drug-likeness (QED) is 0.0815. The van der Waals surface area contributed by atoms with Crippen LogP contribution in [0.15, 0.2) is 55.8 Å². The average molecular weight is 721 g/mol. The molecule has 1 aromatic carbocycles. The molecule has 0 spiro atoms. The molecule has 3 heterocycles. The van der Waals surface area contributed by atoms with Gasteiger partial charge >= 0.3 is 17.6 Å². The Balaban J connectivity index is 1.28. The molecule has 15 nitrogen and oxygen atoms in total. The molecule has 0 saturated carbocycles. The molecule has 7 unspecified atom stereocenters. The van der Waals surface area contributed by atoms with Crippen LogP contribution in [-0.4, -0.2) is 105 Å². The largest absolute Gasteiger partial charge is 0.488 e. The van der Waals surface area contributed by atoms with Gasteiger partial charge in [-0.25, -0.2) is 4.79 Å². The van der Waals surface area contributed by atoms with Crippen LogP contribution in [0.4, 0.5) is 0 Å². The molecule has 0 bridgehead atoms. The van der Waals surface area contributed by atoms with Crippen molar-refractivity contribution >= 4 is 33.9 Å². The molecular formula is C36H48O15. The number of esters is 2. The molecule has 2 aromatic heterocycles. The Kier molecular flexibility index (Phi) is 13.1. The minimum absolute atomic E-state index is 0.164. The van der Waals surface area contributed by atoms with E-state index in [0.29, 0.717) is 34.1 Å². The second-order valence-electron chi connectivity index (χ2n) is 14.0. The van der Waals surface area contributed by atoms with E-state index in [0.717, 1.165) is 5.57 Å². The molecule has 5 N–H and O–H groups in total. The number of carbonyl (C=O) groups is 2. The predicted octanol–water partition coefficient (Wildman–Crippen LogP) is 2.63. The van der Waals surface area contributed by atoms with E-state index in [-0.39, 0.29) is 19.1 Å². The van der Waals surface area contributed by atoms with Gasteiger partial charge in [-0.05, 0) is 72.6 Å². The standard InChI is InChI=1S/C36H48O15/c1-19(2)48-34-32(42)31(41)30(40)25(50-34)18-47-28(38)16-36(6,44)17-29(39)51-26(35(4,5)43)9-7-20(3)11-13-46-33-21-8-10-27(37)49-24(21)15-23-22(33)12-14-45-23/h8,10-12,14-15,19,25-26,30-32,34,40-44H,7,9,13,16-18H2,1-6H3. The summed E-state index contributed by atoms with van der Waals surface area (Å²) < 4.78 is 38.4. The van der Waals surface area contributed by atoms with Crippen molar-refractivity contribution in [2.75, 3.05) is 13.2 Å². The second-order valence-corrected chi connectivity index (χ2v) is 14.0. The van der Waals surface area contributed by atoms with E-state index in [4.69, 9.17) is 32.5 Å². The number of hydrogen-bond donors (Lipinski definition) is 5. The molecule has 0 aliphatic carbocycles. The Hall–Kier alpha value is -3.83. The molecule has 3 aromatic rings. The van der Waals surface area contributed by atoms with Crippen LogP contribution in [-0.2, 0) is 28.5 Å². The minimum Gasteiger partial charge on any atom is -0.488 e. The number of rotatable bonds is 16. The van der Waals surface area contributed by atoms with Gasteiger partial charge in [0, 0.05) is 12.1 Å². The predicted molar refractivity (Wildman–Crippen MR) is 181 cm³/mol. The Labute approximate surface area is 294 Å². The van der Waals surface area contributed by atoms with Crippen LogP contribution in [0.3, 0.4) is 0 Å². The van der Waals surface area contributed by atoms with E-state index in [9.17, 15) is 39.9 Å². The summed E-state index contributed by atoms with van der Waals surface area (Å²) >= 11 is 0. The maximum Gasteiger partial charge on any atom is 0.336 e. The fraction of sp³-hybridized carbons (Fsp3) is 0.583. The zero-order valence-corrected chi connectivity index (χ0v) is 29.6. The van der Waals surface area contributed by atoms with Crippen LogP contribution >= 0.6 is 0 Å². The van der Waals surface area contributed by atoms with Gasteiger partial charge in [-0.3, -0.25) is 9.59 Å². The van der Waals surface area contributed by atoms with Gasteiger partial charge in [0.2, 0.25) is 0 Å². The van der Waals surface area contributed by atoms with Crippen molar-refractivity contribution in [3.05, 3.63) is 52.6 Å². The number of aliphatic hydroxyl groups excluding tert-OH is 3. The van der Waals surface area contributed by atoms with E-state index in [1.54, 1.807) is 32.0 Å². The lowest BCUT2D eigenvalue weighted by Crippen LogP contribution is -2.59. The topological polar surface area (TPSA) is 225 Å². The lowest BCUT2D eigenvalue weighted by atomic mass is 9.94. The summed E-state index contributed by atoms with van der Waals surface area (Å²) in [6, 6.07) is 6.31. The number of fused-ring (bicyclic) bond motifs is 2. The third-order valence-electron chi connectivity index (χ3n) is 8.36. The van der Waals surface area contributed by atoms with Crippen molar-refractivity contribution in [1.82, 2.24) is 0 Å². The maximum absolute atomic E-state index is 12.9. The highest BCUT2D eigenvalue weighted by molar-refractivity contribution is 6.01. The third-order valence-corrected chi connectivity index (χ3v) is 8.36. The number of allylic oxidation sites excluding steroid dienone is 1. The Morgan fingerprint density at radius 1 is 0.961 bits per heavy atom. The first-order chi connectivity index (χ1) is 23.8. The Morgan fingerprint density at radius 2 is 1.65 bits per heavy atom. The van der Waals surface area contributed by atoms with Crippen molar-refractivity contribution in [1.29, 1.82) is 0 Å². The summed E-state index contributed by atoms with van der Waals surface area (Å²) in [6.45, 7) is 9.11. The van der Waals surface area contributed by atoms with Crippen molar-refractivity contribution in [2.45, 2.75) is 121 Å². The van der Waals surface area contributed by atoms with Crippen molar-refractivity contribution in [2.24, 2.45) is 0 Å². The first kappa shape index (κ1) is 39.9. The molecular weight excluding hydrogens is 672 g/mol. The third kappa shape index (κ3) is 10.8. The van der Waals surface area contributed by atoms with Crippen molar-refractivity contribution in [3.63, 3.8) is 0 Å². The molecule has 7 atom stereocenters. The zero-order valence-electron chi connectivity index (χ0n) is 29.6. The van der Waals surface area contributed by atoms with Crippen molar-refractivity contribution in [3.8, 4) is 5.75 Å². The van der Waals surface area contributed by atoms with Crippen LogP contribution < -0.4 is 10.4 Å². The summed E-state index contributed by atoms with van der Waals surface area (Å²) in [7, 11) is 0. The van der Waals surface area contributed by atoms with E-state index >= 15 is 0 Å². The summed E-state index contributed by atoms with van der Waals surface area (Å²) in [5, 5.41) is 53.5. The fourth-order valence-electron chi connectivity index (χ4n) is 5.60. The van der Waals surface area contributed by atoms with Gasteiger partial charge in [0.25, 0.3) is 0 Å². The lowest BCUT2D eigenvalue weighted by Gasteiger charge is -2.40. The summed E-state index contributed by atoms with van der Waals surface area (Å²) in [5.41, 5.74) is -2.12.